The van der Waals surface area contributed by atoms with Crippen LogP contribution >= 0.6 is 0 Å². The molecular formula is C23H30N4O4. The summed E-state index contributed by atoms with van der Waals surface area (Å²) in [6.07, 6.45) is 1.54. The Hall–Kier alpha value is -3.10. The number of nitrogens with one attached hydrogen (secondary N) is 1. The van der Waals surface area contributed by atoms with E-state index in [4.69, 9.17) is 14.2 Å². The third-order valence-corrected chi connectivity index (χ3v) is 5.21. The van der Waals surface area contributed by atoms with Crippen molar-refractivity contribution in [3.8, 4) is 17.2 Å². The smallest absolute Gasteiger partial charge is 0.254 e. The molecule has 1 N–H and O–H groups in total. The van der Waals surface area contributed by atoms with E-state index in [2.05, 4.69) is 44.6 Å². The molecule has 1 amide bonds. The summed E-state index contributed by atoms with van der Waals surface area (Å²) in [5.74, 6) is 1.55. The molecule has 8 heteroatoms. The van der Waals surface area contributed by atoms with Crippen LogP contribution in [0.1, 0.15) is 11.1 Å². The summed E-state index contributed by atoms with van der Waals surface area (Å²) in [4.78, 5) is 16.8. The molecule has 2 aromatic rings. The molecule has 1 aliphatic rings. The number of hydrazone groups is 1. The van der Waals surface area contributed by atoms with Crippen LogP contribution in [0, 0.1) is 0 Å². The summed E-state index contributed by atoms with van der Waals surface area (Å²) < 4.78 is 16.0. The quantitative estimate of drug-likeness (QED) is 0.488. The van der Waals surface area contributed by atoms with Crippen molar-refractivity contribution in [2.45, 2.75) is 6.54 Å². The van der Waals surface area contributed by atoms with Crippen LogP contribution in [-0.2, 0) is 11.3 Å². The third kappa shape index (κ3) is 6.44. The molecule has 1 aliphatic heterocycles. The highest BCUT2D eigenvalue weighted by molar-refractivity contribution is 5.86. The Labute approximate surface area is 183 Å². The Morgan fingerprint density at radius 2 is 1.55 bits per heavy atom. The first-order valence-electron chi connectivity index (χ1n) is 10.2. The number of methoxy groups -OCH3 is 3. The molecule has 0 unspecified atom stereocenters. The summed E-state index contributed by atoms with van der Waals surface area (Å²) in [5.41, 5.74) is 4.58. The van der Waals surface area contributed by atoms with E-state index in [9.17, 15) is 4.79 Å². The largest absolute Gasteiger partial charge is 0.496 e. The number of hydrogen-bond donors (Lipinski definition) is 1. The van der Waals surface area contributed by atoms with Crippen LogP contribution in [0.5, 0.6) is 17.2 Å². The predicted octanol–water partition coefficient (Wildman–Crippen LogP) is 1.98. The van der Waals surface area contributed by atoms with Gasteiger partial charge in [-0.05, 0) is 11.6 Å². The number of carbonyl (C=O) groups excluding carboxylic acids is 1. The SMILES string of the molecule is COc1cc(OC)c(OC)cc1/C=N/NC(=O)CN1CCN(Cc2ccccc2)CC1. The molecule has 8 nitrogen and oxygen atoms in total. The molecule has 31 heavy (non-hydrogen) atoms. The Kier molecular flexibility index (Phi) is 8.26. The van der Waals surface area contributed by atoms with Gasteiger partial charge in [0.15, 0.2) is 11.5 Å². The topological polar surface area (TPSA) is 75.6 Å². The van der Waals surface area contributed by atoms with Gasteiger partial charge in [0, 0.05) is 44.4 Å². The van der Waals surface area contributed by atoms with Gasteiger partial charge in [0.2, 0.25) is 0 Å². The first kappa shape index (κ1) is 22.6. The molecule has 1 heterocycles. The minimum atomic E-state index is -0.146. The fraction of sp³-hybridized carbons (Fsp3) is 0.391. The molecular weight excluding hydrogens is 396 g/mol. The van der Waals surface area contributed by atoms with Crippen LogP contribution in [0.25, 0.3) is 0 Å². The van der Waals surface area contributed by atoms with Gasteiger partial charge in [-0.15, -0.1) is 0 Å². The van der Waals surface area contributed by atoms with E-state index in [1.807, 2.05) is 6.07 Å². The highest BCUT2D eigenvalue weighted by atomic mass is 16.5. The van der Waals surface area contributed by atoms with Gasteiger partial charge in [-0.2, -0.15) is 5.10 Å². The summed E-state index contributed by atoms with van der Waals surface area (Å²) in [6, 6.07) is 13.9. The third-order valence-electron chi connectivity index (χ3n) is 5.21. The van der Waals surface area contributed by atoms with Gasteiger partial charge in [-0.1, -0.05) is 30.3 Å². The zero-order valence-electron chi connectivity index (χ0n) is 18.3. The van der Waals surface area contributed by atoms with Crippen molar-refractivity contribution in [2.24, 2.45) is 5.10 Å². The van der Waals surface area contributed by atoms with Gasteiger partial charge >= 0.3 is 0 Å². The van der Waals surface area contributed by atoms with Crippen LogP contribution in [0.15, 0.2) is 47.6 Å². The Balaban J connectivity index is 1.47. The summed E-state index contributed by atoms with van der Waals surface area (Å²) in [7, 11) is 4.69. The lowest BCUT2D eigenvalue weighted by atomic mass is 10.2. The molecule has 0 radical (unpaired) electrons. The molecule has 0 bridgehead atoms. The monoisotopic (exact) mass is 426 g/mol. The van der Waals surface area contributed by atoms with Crippen molar-refractivity contribution >= 4 is 12.1 Å². The summed E-state index contributed by atoms with van der Waals surface area (Å²) >= 11 is 0. The maximum Gasteiger partial charge on any atom is 0.254 e. The van der Waals surface area contributed by atoms with Crippen LogP contribution in [0.4, 0.5) is 0 Å². The number of hydrogen-bond acceptors (Lipinski definition) is 7. The number of carbonyl (C=O) groups is 1. The zero-order chi connectivity index (χ0) is 22.1. The second kappa shape index (κ2) is 11.3. The van der Waals surface area contributed by atoms with Gasteiger partial charge in [0.1, 0.15) is 5.75 Å². The standard InChI is InChI=1S/C23H30N4O4/c1-29-20-14-22(31-3)21(30-2)13-19(20)15-24-25-23(28)17-27-11-9-26(10-12-27)16-18-7-5-4-6-8-18/h4-8,13-15H,9-12,16-17H2,1-3H3,(H,25,28)/b24-15+. The van der Waals surface area contributed by atoms with Gasteiger partial charge in [-0.3, -0.25) is 14.6 Å². The van der Waals surface area contributed by atoms with E-state index in [1.165, 1.54) is 11.8 Å². The van der Waals surface area contributed by atoms with E-state index in [0.717, 1.165) is 32.7 Å². The number of piperazine rings is 1. The summed E-state index contributed by atoms with van der Waals surface area (Å²) in [5, 5.41) is 4.08. The number of nitrogens with zero attached hydrogens (tertiary/aromatic N) is 3. The number of amides is 1. The Morgan fingerprint density at radius 1 is 0.935 bits per heavy atom. The predicted molar refractivity (Wildman–Crippen MR) is 120 cm³/mol. The van der Waals surface area contributed by atoms with E-state index in [1.54, 1.807) is 33.5 Å². The molecule has 166 valence electrons. The molecule has 1 fully saturated rings. The van der Waals surface area contributed by atoms with Gasteiger partial charge in [0.05, 0.1) is 34.1 Å². The molecule has 1 saturated heterocycles. The van der Waals surface area contributed by atoms with Crippen molar-refractivity contribution in [1.82, 2.24) is 15.2 Å². The minimum Gasteiger partial charge on any atom is -0.496 e. The van der Waals surface area contributed by atoms with Crippen LogP contribution in [0.2, 0.25) is 0 Å². The van der Waals surface area contributed by atoms with Crippen molar-refractivity contribution in [2.75, 3.05) is 54.1 Å². The zero-order valence-corrected chi connectivity index (χ0v) is 18.3. The van der Waals surface area contributed by atoms with Crippen molar-refractivity contribution in [3.63, 3.8) is 0 Å². The van der Waals surface area contributed by atoms with Crippen LogP contribution < -0.4 is 19.6 Å². The lowest BCUT2D eigenvalue weighted by molar-refractivity contribution is -0.122. The van der Waals surface area contributed by atoms with Crippen molar-refractivity contribution < 1.29 is 19.0 Å². The average Bonchev–Trinajstić information content (AvgIpc) is 2.80. The van der Waals surface area contributed by atoms with E-state index in [0.29, 0.717) is 29.4 Å². The molecule has 0 aliphatic carbocycles. The van der Waals surface area contributed by atoms with Gasteiger partial charge in [0.25, 0.3) is 5.91 Å². The maximum absolute atomic E-state index is 12.3. The normalized spacial score (nSPS) is 15.1. The first-order chi connectivity index (χ1) is 15.1. The van der Waals surface area contributed by atoms with Gasteiger partial charge in [-0.25, -0.2) is 5.43 Å². The number of benzene rings is 2. The highest BCUT2D eigenvalue weighted by Gasteiger charge is 2.19. The maximum atomic E-state index is 12.3. The van der Waals surface area contributed by atoms with E-state index < -0.39 is 0 Å². The molecule has 0 atom stereocenters. The highest BCUT2D eigenvalue weighted by Crippen LogP contribution is 2.33. The first-order valence-corrected chi connectivity index (χ1v) is 10.2. The second-order valence-corrected chi connectivity index (χ2v) is 7.28. The average molecular weight is 427 g/mol. The number of rotatable bonds is 9. The Bertz CT molecular complexity index is 881. The van der Waals surface area contributed by atoms with Gasteiger partial charge < -0.3 is 14.2 Å². The van der Waals surface area contributed by atoms with E-state index in [-0.39, 0.29) is 5.91 Å². The van der Waals surface area contributed by atoms with Crippen LogP contribution in [0.3, 0.4) is 0 Å². The number of ether oxygens (including phenoxy) is 3. The Morgan fingerprint density at radius 3 is 2.19 bits per heavy atom. The molecule has 2 aromatic carbocycles. The lowest BCUT2D eigenvalue weighted by Crippen LogP contribution is -2.48. The fourth-order valence-corrected chi connectivity index (χ4v) is 3.51. The minimum absolute atomic E-state index is 0.146. The lowest BCUT2D eigenvalue weighted by Gasteiger charge is -2.34. The summed E-state index contributed by atoms with van der Waals surface area (Å²) in [6.45, 7) is 4.85. The van der Waals surface area contributed by atoms with Crippen molar-refractivity contribution in [3.05, 3.63) is 53.6 Å². The van der Waals surface area contributed by atoms with E-state index >= 15 is 0 Å². The second-order valence-electron chi connectivity index (χ2n) is 7.28. The molecule has 0 aromatic heterocycles. The molecule has 0 spiro atoms. The van der Waals surface area contributed by atoms with Crippen LogP contribution in [-0.4, -0.2) is 76.0 Å². The van der Waals surface area contributed by atoms with Crippen molar-refractivity contribution in [1.29, 1.82) is 0 Å². The fourth-order valence-electron chi connectivity index (χ4n) is 3.51. The molecule has 0 saturated carbocycles. The molecule has 3 rings (SSSR count).